The van der Waals surface area contributed by atoms with Crippen LogP contribution in [0.3, 0.4) is 0 Å². The molecule has 3 rings (SSSR count). The van der Waals surface area contributed by atoms with E-state index in [9.17, 15) is 0 Å². The first kappa shape index (κ1) is 10.1. The lowest BCUT2D eigenvalue weighted by Gasteiger charge is -2.26. The number of nitrogens with zero attached hydrogens (tertiary/aromatic N) is 2. The molecule has 0 radical (unpaired) electrons. The van der Waals surface area contributed by atoms with E-state index in [2.05, 4.69) is 41.2 Å². The maximum absolute atomic E-state index is 4.27. The summed E-state index contributed by atoms with van der Waals surface area (Å²) >= 11 is 0. The zero-order valence-corrected chi connectivity index (χ0v) is 9.98. The Morgan fingerprint density at radius 1 is 1.44 bits per heavy atom. The quantitative estimate of drug-likeness (QED) is 0.771. The number of hydrogen-bond donors (Lipinski definition) is 1. The zero-order chi connectivity index (χ0) is 11.1. The van der Waals surface area contributed by atoms with Gasteiger partial charge in [0, 0.05) is 43.3 Å². The summed E-state index contributed by atoms with van der Waals surface area (Å²) in [5.74, 6) is 1.66. The molecule has 2 aliphatic heterocycles. The van der Waals surface area contributed by atoms with Crippen LogP contribution in [0.15, 0.2) is 18.3 Å². The number of fused-ring (bicyclic) bond motifs is 1. The molecular formula is C13H19N3. The molecule has 3 heterocycles. The number of hydrogen-bond acceptors (Lipinski definition) is 3. The van der Waals surface area contributed by atoms with E-state index in [1.54, 1.807) is 0 Å². The molecule has 0 spiro atoms. The van der Waals surface area contributed by atoms with Crippen molar-refractivity contribution in [3.63, 3.8) is 0 Å². The highest BCUT2D eigenvalue weighted by Gasteiger charge is 2.41. The fourth-order valence-electron chi connectivity index (χ4n) is 3.22. The van der Waals surface area contributed by atoms with Crippen molar-refractivity contribution in [1.82, 2.24) is 10.3 Å². The number of aromatic nitrogens is 1. The van der Waals surface area contributed by atoms with Gasteiger partial charge < -0.3 is 10.2 Å². The highest BCUT2D eigenvalue weighted by Crippen LogP contribution is 2.35. The first-order valence-electron chi connectivity index (χ1n) is 6.16. The Bertz CT molecular complexity index is 391. The van der Waals surface area contributed by atoms with Gasteiger partial charge in [0.05, 0.1) is 0 Å². The molecule has 3 nitrogen and oxygen atoms in total. The van der Waals surface area contributed by atoms with E-state index in [4.69, 9.17) is 0 Å². The third-order valence-electron chi connectivity index (χ3n) is 4.15. The first-order chi connectivity index (χ1) is 7.75. The number of pyridine rings is 1. The molecule has 0 aromatic carbocycles. The van der Waals surface area contributed by atoms with Crippen LogP contribution in [0, 0.1) is 18.8 Å². The van der Waals surface area contributed by atoms with Gasteiger partial charge in [-0.1, -0.05) is 0 Å². The van der Waals surface area contributed by atoms with E-state index in [-0.39, 0.29) is 0 Å². The fourth-order valence-corrected chi connectivity index (χ4v) is 3.22. The lowest BCUT2D eigenvalue weighted by Crippen LogP contribution is -2.33. The second-order valence-corrected chi connectivity index (χ2v) is 5.13. The molecule has 16 heavy (non-hydrogen) atoms. The molecule has 0 aliphatic carbocycles. The smallest absolute Gasteiger partial charge is 0.0402 e. The van der Waals surface area contributed by atoms with Crippen LogP contribution in [0.2, 0.25) is 0 Å². The predicted octanol–water partition coefficient (Wildman–Crippen LogP) is 1.43. The van der Waals surface area contributed by atoms with Gasteiger partial charge in [-0.2, -0.15) is 0 Å². The fraction of sp³-hybridized carbons (Fsp3) is 0.615. The van der Waals surface area contributed by atoms with E-state index in [1.807, 2.05) is 6.20 Å². The topological polar surface area (TPSA) is 28.2 Å². The molecule has 2 fully saturated rings. The van der Waals surface area contributed by atoms with Gasteiger partial charge in [0.2, 0.25) is 0 Å². The van der Waals surface area contributed by atoms with Crippen LogP contribution in [0.25, 0.3) is 0 Å². The summed E-state index contributed by atoms with van der Waals surface area (Å²) in [5, 5.41) is 3.50. The van der Waals surface area contributed by atoms with Crippen LogP contribution in [0.4, 0.5) is 5.69 Å². The number of anilines is 1. The monoisotopic (exact) mass is 217 g/mol. The van der Waals surface area contributed by atoms with Crippen molar-refractivity contribution in [2.75, 3.05) is 24.5 Å². The molecular weight excluding hydrogens is 198 g/mol. The van der Waals surface area contributed by atoms with Crippen LogP contribution in [-0.2, 0) is 0 Å². The number of rotatable bonds is 1. The molecule has 3 unspecified atom stereocenters. The number of nitrogens with one attached hydrogen (secondary N) is 1. The Hall–Kier alpha value is -1.09. The van der Waals surface area contributed by atoms with Crippen molar-refractivity contribution in [3.05, 3.63) is 24.0 Å². The molecule has 0 bridgehead atoms. The Kier molecular flexibility index (Phi) is 2.36. The Morgan fingerprint density at radius 3 is 3.06 bits per heavy atom. The first-order valence-corrected chi connectivity index (χ1v) is 6.16. The summed E-state index contributed by atoms with van der Waals surface area (Å²) < 4.78 is 0. The van der Waals surface area contributed by atoms with Crippen molar-refractivity contribution < 1.29 is 0 Å². The minimum Gasteiger partial charge on any atom is -0.368 e. The van der Waals surface area contributed by atoms with Gasteiger partial charge in [0.15, 0.2) is 0 Å². The number of aryl methyl sites for hydroxylation is 1. The summed E-state index contributed by atoms with van der Waals surface area (Å²) in [5.41, 5.74) is 2.45. The van der Waals surface area contributed by atoms with Crippen LogP contribution < -0.4 is 10.2 Å². The molecule has 2 saturated heterocycles. The third-order valence-corrected chi connectivity index (χ3v) is 4.15. The predicted molar refractivity (Wildman–Crippen MR) is 65.6 cm³/mol. The molecule has 1 aromatic heterocycles. The molecule has 0 saturated carbocycles. The van der Waals surface area contributed by atoms with Gasteiger partial charge in [-0.3, -0.25) is 4.98 Å². The molecule has 86 valence electrons. The van der Waals surface area contributed by atoms with Crippen LogP contribution in [-0.4, -0.2) is 30.7 Å². The molecule has 2 aliphatic rings. The standard InChI is InChI=1S/C13H19N3/c1-9-5-12(3-4-15-9)16-8-11-6-14-7-13(11)10(16)2/h3-5,10-11,13-14H,6-8H2,1-2H3. The van der Waals surface area contributed by atoms with Gasteiger partial charge in [0.25, 0.3) is 0 Å². The normalized spacial score (nSPS) is 33.1. The largest absolute Gasteiger partial charge is 0.368 e. The Balaban J connectivity index is 1.86. The Morgan fingerprint density at radius 2 is 2.31 bits per heavy atom. The average molecular weight is 217 g/mol. The Labute approximate surface area is 96.9 Å². The zero-order valence-electron chi connectivity index (χ0n) is 9.98. The molecule has 0 amide bonds. The van der Waals surface area contributed by atoms with Crippen LogP contribution in [0.1, 0.15) is 12.6 Å². The maximum Gasteiger partial charge on any atom is 0.0402 e. The molecule has 3 heteroatoms. The molecule has 1 aromatic rings. The van der Waals surface area contributed by atoms with Gasteiger partial charge in [0.1, 0.15) is 0 Å². The van der Waals surface area contributed by atoms with Crippen LogP contribution in [0.5, 0.6) is 0 Å². The SMILES string of the molecule is Cc1cc(N2CC3CNCC3C2C)ccn1. The van der Waals surface area contributed by atoms with Crippen molar-refractivity contribution >= 4 is 5.69 Å². The summed E-state index contributed by atoms with van der Waals surface area (Å²) in [4.78, 5) is 6.82. The van der Waals surface area contributed by atoms with Crippen molar-refractivity contribution in [3.8, 4) is 0 Å². The van der Waals surface area contributed by atoms with Crippen LogP contribution >= 0.6 is 0 Å². The van der Waals surface area contributed by atoms with E-state index in [0.29, 0.717) is 6.04 Å². The minimum atomic E-state index is 0.654. The highest BCUT2D eigenvalue weighted by molar-refractivity contribution is 5.49. The summed E-state index contributed by atoms with van der Waals surface area (Å²) in [6.45, 7) is 7.99. The lowest BCUT2D eigenvalue weighted by molar-refractivity contribution is 0.471. The minimum absolute atomic E-state index is 0.654. The summed E-state index contributed by atoms with van der Waals surface area (Å²) in [6.07, 6.45) is 1.92. The maximum atomic E-state index is 4.27. The van der Waals surface area contributed by atoms with Gasteiger partial charge in [-0.15, -0.1) is 0 Å². The van der Waals surface area contributed by atoms with Crippen molar-refractivity contribution in [1.29, 1.82) is 0 Å². The van der Waals surface area contributed by atoms with Gasteiger partial charge in [-0.25, -0.2) is 0 Å². The summed E-state index contributed by atoms with van der Waals surface area (Å²) in [6, 6.07) is 4.99. The van der Waals surface area contributed by atoms with E-state index in [0.717, 1.165) is 17.5 Å². The van der Waals surface area contributed by atoms with E-state index >= 15 is 0 Å². The third kappa shape index (κ3) is 1.50. The van der Waals surface area contributed by atoms with E-state index in [1.165, 1.54) is 25.3 Å². The molecule has 1 N–H and O–H groups in total. The molecule has 3 atom stereocenters. The summed E-state index contributed by atoms with van der Waals surface area (Å²) in [7, 11) is 0. The van der Waals surface area contributed by atoms with Gasteiger partial charge in [-0.05, 0) is 37.8 Å². The highest BCUT2D eigenvalue weighted by atomic mass is 15.2. The second-order valence-electron chi connectivity index (χ2n) is 5.13. The second kappa shape index (κ2) is 3.74. The van der Waals surface area contributed by atoms with Crippen molar-refractivity contribution in [2.24, 2.45) is 11.8 Å². The average Bonchev–Trinajstić information content (AvgIpc) is 2.82. The van der Waals surface area contributed by atoms with Gasteiger partial charge >= 0.3 is 0 Å². The lowest BCUT2D eigenvalue weighted by atomic mass is 9.95. The van der Waals surface area contributed by atoms with E-state index < -0.39 is 0 Å². The van der Waals surface area contributed by atoms with Crippen molar-refractivity contribution in [2.45, 2.75) is 19.9 Å².